The van der Waals surface area contributed by atoms with Crippen molar-refractivity contribution in [3.05, 3.63) is 0 Å². The van der Waals surface area contributed by atoms with Crippen molar-refractivity contribution in [2.24, 2.45) is 5.92 Å². The predicted molar refractivity (Wildman–Crippen MR) is 47.3 cm³/mol. The summed E-state index contributed by atoms with van der Waals surface area (Å²) >= 11 is 0. The molecular weight excluding hydrogens is 172 g/mol. The molecular formula is C8H16N2O3. The van der Waals surface area contributed by atoms with E-state index in [9.17, 15) is 4.79 Å². The van der Waals surface area contributed by atoms with Crippen LogP contribution in [0.15, 0.2) is 0 Å². The molecule has 1 rings (SSSR count). The molecule has 1 heterocycles. The third kappa shape index (κ3) is 4.21. The summed E-state index contributed by atoms with van der Waals surface area (Å²) < 4.78 is 5.30. The van der Waals surface area contributed by atoms with E-state index in [1.165, 1.54) is 0 Å². The van der Waals surface area contributed by atoms with Gasteiger partial charge in [0.1, 0.15) is 6.61 Å². The molecule has 0 saturated carbocycles. The van der Waals surface area contributed by atoms with Crippen LogP contribution in [0.4, 0.5) is 0 Å². The summed E-state index contributed by atoms with van der Waals surface area (Å²) in [5, 5.41) is 14.3. The number of carbonyl (C=O) groups excluding carboxylic acids is 1. The highest BCUT2D eigenvalue weighted by Gasteiger charge is 2.12. The van der Waals surface area contributed by atoms with Gasteiger partial charge >= 0.3 is 0 Å². The molecule has 5 nitrogen and oxygen atoms in total. The number of nitrogens with one attached hydrogen (secondary N) is 2. The fourth-order valence-electron chi connectivity index (χ4n) is 1.20. The van der Waals surface area contributed by atoms with Gasteiger partial charge in [0, 0.05) is 25.6 Å². The van der Waals surface area contributed by atoms with Gasteiger partial charge in [-0.25, -0.2) is 0 Å². The highest BCUT2D eigenvalue weighted by Crippen LogP contribution is 1.97. The average Bonchev–Trinajstić information content (AvgIpc) is 2.42. The molecule has 0 aromatic heterocycles. The Balaban J connectivity index is 2.15. The van der Waals surface area contributed by atoms with Crippen molar-refractivity contribution in [3.63, 3.8) is 0 Å². The molecule has 3 N–H and O–H groups in total. The average molecular weight is 188 g/mol. The molecule has 1 saturated heterocycles. The molecule has 0 aliphatic carbocycles. The number of hydrogen-bond acceptors (Lipinski definition) is 4. The maximum absolute atomic E-state index is 10.7. The van der Waals surface area contributed by atoms with E-state index in [2.05, 4.69) is 10.6 Å². The van der Waals surface area contributed by atoms with E-state index < -0.39 is 6.61 Å². The zero-order valence-corrected chi connectivity index (χ0v) is 7.58. The minimum atomic E-state index is -0.443. The SMILES string of the molecule is O=C(CO)NCC1CNCCOC1. The third-order valence-corrected chi connectivity index (χ3v) is 1.94. The van der Waals surface area contributed by atoms with Crippen molar-refractivity contribution in [1.29, 1.82) is 0 Å². The molecule has 0 spiro atoms. The zero-order chi connectivity index (χ0) is 9.52. The molecule has 1 unspecified atom stereocenters. The van der Waals surface area contributed by atoms with Crippen molar-refractivity contribution in [3.8, 4) is 0 Å². The van der Waals surface area contributed by atoms with Crippen molar-refractivity contribution in [1.82, 2.24) is 10.6 Å². The maximum atomic E-state index is 10.7. The topological polar surface area (TPSA) is 70.6 Å². The van der Waals surface area contributed by atoms with E-state index in [0.717, 1.165) is 19.7 Å². The number of aliphatic hydroxyl groups is 1. The van der Waals surface area contributed by atoms with Crippen molar-refractivity contribution >= 4 is 5.91 Å². The first-order valence-electron chi connectivity index (χ1n) is 4.49. The van der Waals surface area contributed by atoms with Gasteiger partial charge in [-0.2, -0.15) is 0 Å². The lowest BCUT2D eigenvalue weighted by atomic mass is 10.1. The Morgan fingerprint density at radius 1 is 1.69 bits per heavy atom. The highest BCUT2D eigenvalue weighted by atomic mass is 16.5. The first kappa shape index (κ1) is 10.4. The number of rotatable bonds is 3. The number of carbonyl (C=O) groups is 1. The van der Waals surface area contributed by atoms with E-state index in [1.807, 2.05) is 0 Å². The Morgan fingerprint density at radius 3 is 3.31 bits per heavy atom. The van der Waals surface area contributed by atoms with E-state index in [0.29, 0.717) is 19.1 Å². The van der Waals surface area contributed by atoms with Crippen LogP contribution < -0.4 is 10.6 Å². The second kappa shape index (κ2) is 5.90. The molecule has 76 valence electrons. The van der Waals surface area contributed by atoms with E-state index in [1.54, 1.807) is 0 Å². The zero-order valence-electron chi connectivity index (χ0n) is 7.58. The van der Waals surface area contributed by atoms with Gasteiger partial charge in [0.05, 0.1) is 13.2 Å². The van der Waals surface area contributed by atoms with Crippen molar-refractivity contribution in [2.45, 2.75) is 0 Å². The summed E-state index contributed by atoms with van der Waals surface area (Å²) in [4.78, 5) is 10.7. The van der Waals surface area contributed by atoms with Crippen LogP contribution in [0, 0.1) is 5.92 Å². The summed E-state index contributed by atoms with van der Waals surface area (Å²) in [6.45, 7) is 3.23. The van der Waals surface area contributed by atoms with Gasteiger partial charge < -0.3 is 20.5 Å². The molecule has 0 radical (unpaired) electrons. The molecule has 13 heavy (non-hydrogen) atoms. The molecule has 5 heteroatoms. The summed E-state index contributed by atoms with van der Waals surface area (Å²) in [7, 11) is 0. The van der Waals surface area contributed by atoms with Crippen LogP contribution in [0.2, 0.25) is 0 Å². The summed E-state index contributed by atoms with van der Waals surface area (Å²) in [5.41, 5.74) is 0. The molecule has 1 aliphatic rings. The fraction of sp³-hybridized carbons (Fsp3) is 0.875. The van der Waals surface area contributed by atoms with Crippen LogP contribution in [0.5, 0.6) is 0 Å². The van der Waals surface area contributed by atoms with E-state index in [-0.39, 0.29) is 5.91 Å². The minimum absolute atomic E-state index is 0.304. The summed E-state index contributed by atoms with van der Waals surface area (Å²) in [6, 6.07) is 0. The smallest absolute Gasteiger partial charge is 0.245 e. The van der Waals surface area contributed by atoms with Gasteiger partial charge in [0.15, 0.2) is 0 Å². The molecule has 0 aromatic carbocycles. The van der Waals surface area contributed by atoms with E-state index >= 15 is 0 Å². The Kier molecular flexibility index (Phi) is 4.74. The van der Waals surface area contributed by atoms with Gasteiger partial charge in [-0.05, 0) is 0 Å². The maximum Gasteiger partial charge on any atom is 0.245 e. The van der Waals surface area contributed by atoms with Gasteiger partial charge in [-0.3, -0.25) is 4.79 Å². The highest BCUT2D eigenvalue weighted by molar-refractivity contribution is 5.76. The largest absolute Gasteiger partial charge is 0.387 e. The van der Waals surface area contributed by atoms with E-state index in [4.69, 9.17) is 9.84 Å². The lowest BCUT2D eigenvalue weighted by molar-refractivity contribution is -0.124. The van der Waals surface area contributed by atoms with Crippen LogP contribution in [0.1, 0.15) is 0 Å². The van der Waals surface area contributed by atoms with Gasteiger partial charge in [0.2, 0.25) is 5.91 Å². The molecule has 1 fully saturated rings. The second-order valence-electron chi connectivity index (χ2n) is 3.11. The Bertz CT molecular complexity index is 155. The summed E-state index contributed by atoms with van der Waals surface area (Å²) in [5.74, 6) is -0.0257. The molecule has 0 aromatic rings. The Hall–Kier alpha value is -0.650. The number of amides is 1. The molecule has 1 amide bonds. The molecule has 0 bridgehead atoms. The second-order valence-corrected chi connectivity index (χ2v) is 3.11. The molecule has 1 aliphatic heterocycles. The lowest BCUT2D eigenvalue weighted by Crippen LogP contribution is -2.36. The van der Waals surface area contributed by atoms with Crippen molar-refractivity contribution in [2.75, 3.05) is 39.5 Å². The monoisotopic (exact) mass is 188 g/mol. The van der Waals surface area contributed by atoms with Gasteiger partial charge in [-0.1, -0.05) is 0 Å². The van der Waals surface area contributed by atoms with Crippen LogP contribution in [0.3, 0.4) is 0 Å². The minimum Gasteiger partial charge on any atom is -0.387 e. The number of ether oxygens (including phenoxy) is 1. The van der Waals surface area contributed by atoms with Crippen molar-refractivity contribution < 1.29 is 14.6 Å². The first-order chi connectivity index (χ1) is 6.33. The number of aliphatic hydroxyl groups excluding tert-OH is 1. The standard InChI is InChI=1S/C8H16N2O3/c11-5-8(12)10-4-7-3-9-1-2-13-6-7/h7,9,11H,1-6H2,(H,10,12). The lowest BCUT2D eigenvalue weighted by Gasteiger charge is -2.13. The van der Waals surface area contributed by atoms with Crippen LogP contribution in [-0.2, 0) is 9.53 Å². The van der Waals surface area contributed by atoms with Gasteiger partial charge in [0.25, 0.3) is 0 Å². The van der Waals surface area contributed by atoms with Crippen LogP contribution >= 0.6 is 0 Å². The quantitative estimate of drug-likeness (QED) is 0.495. The summed E-state index contributed by atoms with van der Waals surface area (Å²) in [6.07, 6.45) is 0. The Labute approximate surface area is 77.5 Å². The van der Waals surface area contributed by atoms with Gasteiger partial charge in [-0.15, -0.1) is 0 Å². The third-order valence-electron chi connectivity index (χ3n) is 1.94. The van der Waals surface area contributed by atoms with Crippen LogP contribution in [-0.4, -0.2) is 50.5 Å². The van der Waals surface area contributed by atoms with Crippen LogP contribution in [0.25, 0.3) is 0 Å². The normalized spacial score (nSPS) is 23.6. The Morgan fingerprint density at radius 2 is 2.54 bits per heavy atom. The first-order valence-corrected chi connectivity index (χ1v) is 4.49. The fourth-order valence-corrected chi connectivity index (χ4v) is 1.20. The molecule has 1 atom stereocenters. The predicted octanol–water partition coefficient (Wildman–Crippen LogP) is -1.67. The number of hydrogen-bond donors (Lipinski definition) is 3.